The van der Waals surface area contributed by atoms with E-state index in [1.807, 2.05) is 37.2 Å². The van der Waals surface area contributed by atoms with E-state index in [1.165, 1.54) is 14.2 Å². The van der Waals surface area contributed by atoms with Crippen LogP contribution in [0.2, 0.25) is 0 Å². The quantitative estimate of drug-likeness (QED) is 0.767. The number of ether oxygens (including phenoxy) is 3. The van der Waals surface area contributed by atoms with Crippen LogP contribution in [0.25, 0.3) is 0 Å². The zero-order valence-electron chi connectivity index (χ0n) is 14.0. The number of para-hydroxylation sites is 1. The summed E-state index contributed by atoms with van der Waals surface area (Å²) >= 11 is 0. The summed E-state index contributed by atoms with van der Waals surface area (Å²) in [6, 6.07) is 10.7. The number of carbonyl (C=O) groups excluding carboxylic acids is 1. The number of hydrogen-bond donors (Lipinski definition) is 0. The third-order valence-corrected chi connectivity index (χ3v) is 3.58. The Balaban J connectivity index is 2.59. The Bertz CT molecular complexity index is 710. The number of rotatable bonds is 6. The summed E-state index contributed by atoms with van der Waals surface area (Å²) in [5, 5.41) is 0. The van der Waals surface area contributed by atoms with Crippen molar-refractivity contribution in [3.8, 4) is 17.2 Å². The van der Waals surface area contributed by atoms with E-state index in [0.29, 0.717) is 28.4 Å². The van der Waals surface area contributed by atoms with Gasteiger partial charge in [-0.15, -0.1) is 0 Å². The summed E-state index contributed by atoms with van der Waals surface area (Å²) in [4.78, 5) is 14.9. The van der Waals surface area contributed by atoms with E-state index < -0.39 is 0 Å². The molecule has 2 aromatic carbocycles. The van der Waals surface area contributed by atoms with Crippen LogP contribution in [0.3, 0.4) is 0 Å². The Hall–Kier alpha value is -2.69. The van der Waals surface area contributed by atoms with Crippen molar-refractivity contribution in [3.63, 3.8) is 0 Å². The number of ketones is 1. The van der Waals surface area contributed by atoms with Crippen LogP contribution in [-0.2, 0) is 0 Å². The lowest BCUT2D eigenvalue weighted by Gasteiger charge is -2.18. The second-order valence-electron chi connectivity index (χ2n) is 5.15. The van der Waals surface area contributed by atoms with Crippen molar-refractivity contribution in [2.75, 3.05) is 40.3 Å². The number of methoxy groups -OCH3 is 3. The van der Waals surface area contributed by atoms with Gasteiger partial charge in [-0.3, -0.25) is 4.79 Å². The third kappa shape index (κ3) is 3.23. The molecule has 122 valence electrons. The predicted octanol–water partition coefficient (Wildman–Crippen LogP) is 3.01. The number of carbonyl (C=O) groups is 1. The standard InChI is InChI=1S/C18H21NO4/c1-19(2)14-9-7-6-8-12(14)18(20)13-10-16(22-4)17(23-5)11-15(13)21-3/h6-11H,1-5H3. The first kappa shape index (κ1) is 16.7. The summed E-state index contributed by atoms with van der Waals surface area (Å²) in [6.45, 7) is 0. The summed E-state index contributed by atoms with van der Waals surface area (Å²) in [6.07, 6.45) is 0. The predicted molar refractivity (Wildman–Crippen MR) is 90.3 cm³/mol. The molecule has 23 heavy (non-hydrogen) atoms. The van der Waals surface area contributed by atoms with Crippen molar-refractivity contribution in [1.82, 2.24) is 0 Å². The molecule has 0 radical (unpaired) electrons. The van der Waals surface area contributed by atoms with Crippen molar-refractivity contribution < 1.29 is 19.0 Å². The fourth-order valence-electron chi connectivity index (χ4n) is 2.41. The van der Waals surface area contributed by atoms with E-state index >= 15 is 0 Å². The lowest BCUT2D eigenvalue weighted by molar-refractivity contribution is 0.103. The molecule has 0 aliphatic heterocycles. The number of hydrogen-bond acceptors (Lipinski definition) is 5. The number of anilines is 1. The van der Waals surface area contributed by atoms with Gasteiger partial charge in [0, 0.05) is 31.4 Å². The molecule has 0 amide bonds. The summed E-state index contributed by atoms with van der Waals surface area (Å²) in [5.41, 5.74) is 1.87. The molecule has 0 spiro atoms. The molecule has 0 heterocycles. The second-order valence-corrected chi connectivity index (χ2v) is 5.15. The first-order chi connectivity index (χ1) is 11.0. The van der Waals surface area contributed by atoms with E-state index in [4.69, 9.17) is 14.2 Å². The van der Waals surface area contributed by atoms with E-state index in [2.05, 4.69) is 0 Å². The highest BCUT2D eigenvalue weighted by molar-refractivity contribution is 6.14. The van der Waals surface area contributed by atoms with Crippen molar-refractivity contribution in [2.24, 2.45) is 0 Å². The van der Waals surface area contributed by atoms with Gasteiger partial charge < -0.3 is 19.1 Å². The zero-order valence-corrected chi connectivity index (χ0v) is 14.0. The molecule has 0 bridgehead atoms. The summed E-state index contributed by atoms with van der Waals surface area (Å²) < 4.78 is 15.9. The molecule has 0 N–H and O–H groups in total. The van der Waals surface area contributed by atoms with E-state index in [1.54, 1.807) is 25.3 Å². The van der Waals surface area contributed by atoms with Crippen molar-refractivity contribution in [2.45, 2.75) is 0 Å². The molecule has 0 aromatic heterocycles. The molecular weight excluding hydrogens is 294 g/mol. The molecule has 0 saturated heterocycles. The fourth-order valence-corrected chi connectivity index (χ4v) is 2.41. The normalized spacial score (nSPS) is 10.1. The van der Waals surface area contributed by atoms with Gasteiger partial charge in [0.05, 0.1) is 26.9 Å². The summed E-state index contributed by atoms with van der Waals surface area (Å²) in [7, 11) is 8.40. The zero-order chi connectivity index (χ0) is 17.0. The van der Waals surface area contributed by atoms with Gasteiger partial charge in [-0.2, -0.15) is 0 Å². The minimum absolute atomic E-state index is 0.132. The van der Waals surface area contributed by atoms with Crippen LogP contribution in [0.1, 0.15) is 15.9 Å². The Morgan fingerprint density at radius 2 is 1.39 bits per heavy atom. The molecular formula is C18H21NO4. The lowest BCUT2D eigenvalue weighted by Crippen LogP contribution is -2.15. The minimum Gasteiger partial charge on any atom is -0.496 e. The monoisotopic (exact) mass is 315 g/mol. The molecule has 0 saturated carbocycles. The maximum atomic E-state index is 13.0. The number of benzene rings is 2. The number of nitrogens with zero attached hydrogens (tertiary/aromatic N) is 1. The first-order valence-corrected chi connectivity index (χ1v) is 7.14. The van der Waals surface area contributed by atoms with Crippen LogP contribution < -0.4 is 19.1 Å². The highest BCUT2D eigenvalue weighted by Crippen LogP contribution is 2.36. The minimum atomic E-state index is -0.132. The van der Waals surface area contributed by atoms with Crippen molar-refractivity contribution in [3.05, 3.63) is 47.5 Å². The smallest absolute Gasteiger partial charge is 0.198 e. The van der Waals surface area contributed by atoms with Gasteiger partial charge >= 0.3 is 0 Å². The van der Waals surface area contributed by atoms with Crippen LogP contribution in [0.4, 0.5) is 5.69 Å². The molecule has 0 unspecified atom stereocenters. The SMILES string of the molecule is COc1cc(OC)c(C(=O)c2ccccc2N(C)C)cc1OC. The van der Waals surface area contributed by atoms with Crippen LogP contribution in [0, 0.1) is 0 Å². The van der Waals surface area contributed by atoms with Gasteiger partial charge in [0.2, 0.25) is 0 Å². The molecule has 0 fully saturated rings. The Labute approximate surface area is 136 Å². The average molecular weight is 315 g/mol. The van der Waals surface area contributed by atoms with Gasteiger partial charge in [-0.1, -0.05) is 12.1 Å². The van der Waals surface area contributed by atoms with Crippen molar-refractivity contribution in [1.29, 1.82) is 0 Å². The van der Waals surface area contributed by atoms with Crippen LogP contribution in [-0.4, -0.2) is 41.2 Å². The van der Waals surface area contributed by atoms with Gasteiger partial charge in [0.25, 0.3) is 0 Å². The lowest BCUT2D eigenvalue weighted by atomic mass is 9.99. The van der Waals surface area contributed by atoms with Gasteiger partial charge in [-0.25, -0.2) is 0 Å². The maximum Gasteiger partial charge on any atom is 0.198 e. The molecule has 0 aliphatic rings. The second kappa shape index (κ2) is 7.05. The van der Waals surface area contributed by atoms with Crippen molar-refractivity contribution >= 4 is 11.5 Å². The van der Waals surface area contributed by atoms with Crippen LogP contribution in [0.15, 0.2) is 36.4 Å². The van der Waals surface area contributed by atoms with E-state index in [-0.39, 0.29) is 5.78 Å². The van der Waals surface area contributed by atoms with Crippen LogP contribution in [0.5, 0.6) is 17.2 Å². The highest BCUT2D eigenvalue weighted by atomic mass is 16.5. The molecule has 0 aliphatic carbocycles. The highest BCUT2D eigenvalue weighted by Gasteiger charge is 2.21. The maximum absolute atomic E-state index is 13.0. The topological polar surface area (TPSA) is 48.0 Å². The van der Waals surface area contributed by atoms with Gasteiger partial charge in [0.15, 0.2) is 17.3 Å². The first-order valence-electron chi connectivity index (χ1n) is 7.14. The Morgan fingerprint density at radius 1 is 0.826 bits per heavy atom. The molecule has 2 rings (SSSR count). The molecule has 2 aromatic rings. The summed E-state index contributed by atoms with van der Waals surface area (Å²) in [5.74, 6) is 1.31. The molecule has 5 heteroatoms. The molecule has 5 nitrogen and oxygen atoms in total. The fraction of sp³-hybridized carbons (Fsp3) is 0.278. The van der Waals surface area contributed by atoms with E-state index in [0.717, 1.165) is 5.69 Å². The van der Waals surface area contributed by atoms with E-state index in [9.17, 15) is 4.79 Å². The van der Waals surface area contributed by atoms with Gasteiger partial charge in [0.1, 0.15) is 5.75 Å². The Morgan fingerprint density at radius 3 is 1.96 bits per heavy atom. The van der Waals surface area contributed by atoms with Gasteiger partial charge in [-0.05, 0) is 18.2 Å². The third-order valence-electron chi connectivity index (χ3n) is 3.58. The van der Waals surface area contributed by atoms with Crippen LogP contribution >= 0.6 is 0 Å². The molecule has 0 atom stereocenters. The largest absolute Gasteiger partial charge is 0.496 e. The Kier molecular flexibility index (Phi) is 5.11. The average Bonchev–Trinajstić information content (AvgIpc) is 2.59.